The van der Waals surface area contributed by atoms with Crippen molar-refractivity contribution in [3.8, 4) is 0 Å². The first-order valence-electron chi connectivity index (χ1n) is 7.18. The predicted octanol–water partition coefficient (Wildman–Crippen LogP) is 2.94. The number of aromatic nitrogens is 2. The van der Waals surface area contributed by atoms with Gasteiger partial charge in [-0.3, -0.25) is 16.0 Å². The highest BCUT2D eigenvalue weighted by Gasteiger charge is 2.17. The first-order chi connectivity index (χ1) is 10.2. The van der Waals surface area contributed by atoms with Gasteiger partial charge < -0.3 is 0 Å². The summed E-state index contributed by atoms with van der Waals surface area (Å²) in [5.41, 5.74) is 5.18. The molecule has 0 saturated heterocycles. The summed E-state index contributed by atoms with van der Waals surface area (Å²) in [6, 6.07) is 12.8. The third-order valence-electron chi connectivity index (χ3n) is 3.81. The molecule has 110 valence electrons. The number of hydrazine groups is 1. The number of nitrogens with two attached hydrogens (primary N) is 1. The number of rotatable bonds is 5. The normalized spacial score (nSPS) is 12.9. The van der Waals surface area contributed by atoms with Crippen LogP contribution in [-0.4, -0.2) is 9.78 Å². The van der Waals surface area contributed by atoms with Crippen molar-refractivity contribution < 1.29 is 0 Å². The van der Waals surface area contributed by atoms with Crippen molar-refractivity contribution in [3.63, 3.8) is 0 Å². The lowest BCUT2D eigenvalue weighted by molar-refractivity contribution is 0.551. The van der Waals surface area contributed by atoms with Crippen LogP contribution in [0.4, 0.5) is 0 Å². The minimum atomic E-state index is 0.105. The SMILES string of the molecule is CCc1ccc(C(Cc2nn(C)c3ccccc23)NN)s1. The molecule has 0 bridgehead atoms. The summed E-state index contributed by atoms with van der Waals surface area (Å²) in [5, 5.41) is 5.86. The Labute approximate surface area is 128 Å². The fraction of sp³-hybridized carbons (Fsp3) is 0.312. The molecule has 3 aromatic rings. The van der Waals surface area contributed by atoms with E-state index in [2.05, 4.69) is 47.8 Å². The molecule has 0 fully saturated rings. The van der Waals surface area contributed by atoms with E-state index in [1.165, 1.54) is 15.1 Å². The Balaban J connectivity index is 1.92. The lowest BCUT2D eigenvalue weighted by Crippen LogP contribution is -2.29. The van der Waals surface area contributed by atoms with Crippen LogP contribution in [0.5, 0.6) is 0 Å². The Kier molecular flexibility index (Phi) is 4.05. The van der Waals surface area contributed by atoms with Crippen LogP contribution in [0, 0.1) is 0 Å². The zero-order chi connectivity index (χ0) is 14.8. The van der Waals surface area contributed by atoms with Crippen molar-refractivity contribution in [2.45, 2.75) is 25.8 Å². The van der Waals surface area contributed by atoms with E-state index in [1.54, 1.807) is 0 Å². The summed E-state index contributed by atoms with van der Waals surface area (Å²) in [6.45, 7) is 2.17. The maximum Gasteiger partial charge on any atom is 0.0723 e. The Morgan fingerprint density at radius 1 is 1.29 bits per heavy atom. The first kappa shape index (κ1) is 14.3. The van der Waals surface area contributed by atoms with Crippen LogP contribution < -0.4 is 11.3 Å². The number of hydrogen-bond acceptors (Lipinski definition) is 4. The van der Waals surface area contributed by atoms with Crippen molar-refractivity contribution in [2.75, 3.05) is 0 Å². The minimum Gasteiger partial charge on any atom is -0.271 e. The molecule has 1 aromatic carbocycles. The maximum atomic E-state index is 5.78. The van der Waals surface area contributed by atoms with E-state index < -0.39 is 0 Å². The van der Waals surface area contributed by atoms with Crippen LogP contribution in [-0.2, 0) is 19.9 Å². The second-order valence-corrected chi connectivity index (χ2v) is 6.37. The molecule has 0 saturated carbocycles. The number of nitrogens with one attached hydrogen (secondary N) is 1. The molecule has 0 aliphatic rings. The molecular weight excluding hydrogens is 280 g/mol. The average molecular weight is 300 g/mol. The van der Waals surface area contributed by atoms with E-state index >= 15 is 0 Å². The molecule has 1 atom stereocenters. The van der Waals surface area contributed by atoms with Gasteiger partial charge in [0.1, 0.15) is 0 Å². The van der Waals surface area contributed by atoms with Gasteiger partial charge in [0, 0.05) is 28.6 Å². The molecule has 0 radical (unpaired) electrons. The van der Waals surface area contributed by atoms with Crippen LogP contribution in [0.15, 0.2) is 36.4 Å². The van der Waals surface area contributed by atoms with Crippen LogP contribution in [0.2, 0.25) is 0 Å². The summed E-state index contributed by atoms with van der Waals surface area (Å²) in [7, 11) is 1.98. The van der Waals surface area contributed by atoms with Gasteiger partial charge in [-0.05, 0) is 24.6 Å². The van der Waals surface area contributed by atoms with Gasteiger partial charge in [-0.15, -0.1) is 11.3 Å². The van der Waals surface area contributed by atoms with E-state index in [-0.39, 0.29) is 6.04 Å². The Bertz CT molecular complexity index is 744. The maximum absolute atomic E-state index is 5.78. The molecule has 3 rings (SSSR count). The van der Waals surface area contributed by atoms with Gasteiger partial charge in [-0.25, -0.2) is 0 Å². The van der Waals surface area contributed by atoms with E-state index in [1.807, 2.05) is 29.1 Å². The van der Waals surface area contributed by atoms with Gasteiger partial charge in [0.05, 0.1) is 17.3 Å². The molecule has 0 spiro atoms. The van der Waals surface area contributed by atoms with E-state index in [0.29, 0.717) is 0 Å². The highest BCUT2D eigenvalue weighted by atomic mass is 32.1. The van der Waals surface area contributed by atoms with E-state index in [4.69, 9.17) is 5.84 Å². The fourth-order valence-electron chi connectivity index (χ4n) is 2.65. The standard InChI is InChI=1S/C16H20N4S/c1-3-11-8-9-16(21-11)14(18-17)10-13-12-6-4-5-7-15(12)20(2)19-13/h4-9,14,18H,3,10,17H2,1-2H3. The van der Waals surface area contributed by atoms with Crippen molar-refractivity contribution in [1.82, 2.24) is 15.2 Å². The summed E-state index contributed by atoms with van der Waals surface area (Å²) >= 11 is 1.82. The lowest BCUT2D eigenvalue weighted by Gasteiger charge is -2.12. The smallest absolute Gasteiger partial charge is 0.0723 e. The van der Waals surface area contributed by atoms with Gasteiger partial charge in [0.2, 0.25) is 0 Å². The molecule has 0 aliphatic heterocycles. The van der Waals surface area contributed by atoms with Crippen LogP contribution in [0.3, 0.4) is 0 Å². The number of thiophene rings is 1. The molecule has 3 N–H and O–H groups in total. The molecule has 1 unspecified atom stereocenters. The first-order valence-corrected chi connectivity index (χ1v) is 8.00. The van der Waals surface area contributed by atoms with Crippen LogP contribution >= 0.6 is 11.3 Å². The average Bonchev–Trinajstić information content (AvgIpc) is 3.11. The number of para-hydroxylation sites is 1. The van der Waals surface area contributed by atoms with Crippen LogP contribution in [0.25, 0.3) is 10.9 Å². The second-order valence-electron chi connectivity index (χ2n) is 5.17. The third-order valence-corrected chi connectivity index (χ3v) is 5.15. The Hall–Kier alpha value is -1.69. The van der Waals surface area contributed by atoms with Gasteiger partial charge in [0.25, 0.3) is 0 Å². The summed E-state index contributed by atoms with van der Waals surface area (Å²) in [5.74, 6) is 5.78. The minimum absolute atomic E-state index is 0.105. The Morgan fingerprint density at radius 3 is 2.81 bits per heavy atom. The molecule has 5 heteroatoms. The van der Waals surface area contributed by atoms with Crippen molar-refractivity contribution in [3.05, 3.63) is 51.8 Å². The second kappa shape index (κ2) is 5.97. The molecule has 2 aromatic heterocycles. The van der Waals surface area contributed by atoms with Gasteiger partial charge >= 0.3 is 0 Å². The number of hydrogen-bond donors (Lipinski definition) is 2. The van der Waals surface area contributed by atoms with Gasteiger partial charge in [-0.1, -0.05) is 25.1 Å². The summed E-state index contributed by atoms with van der Waals surface area (Å²) in [6.07, 6.45) is 1.86. The van der Waals surface area contributed by atoms with Crippen molar-refractivity contribution >= 4 is 22.2 Å². The number of fused-ring (bicyclic) bond motifs is 1. The molecule has 2 heterocycles. The van der Waals surface area contributed by atoms with Crippen LogP contribution in [0.1, 0.15) is 28.4 Å². The highest BCUT2D eigenvalue weighted by molar-refractivity contribution is 7.12. The van der Waals surface area contributed by atoms with Crippen molar-refractivity contribution in [1.29, 1.82) is 0 Å². The topological polar surface area (TPSA) is 55.9 Å². The largest absolute Gasteiger partial charge is 0.271 e. The number of benzene rings is 1. The van der Waals surface area contributed by atoms with E-state index in [9.17, 15) is 0 Å². The lowest BCUT2D eigenvalue weighted by atomic mass is 10.1. The fourth-order valence-corrected chi connectivity index (χ4v) is 3.66. The molecule has 0 amide bonds. The molecule has 0 aliphatic carbocycles. The molecule has 21 heavy (non-hydrogen) atoms. The monoisotopic (exact) mass is 300 g/mol. The quantitative estimate of drug-likeness (QED) is 0.562. The zero-order valence-corrected chi connectivity index (χ0v) is 13.2. The number of aryl methyl sites for hydroxylation is 2. The third kappa shape index (κ3) is 2.72. The highest BCUT2D eigenvalue weighted by Crippen LogP contribution is 2.28. The Morgan fingerprint density at radius 2 is 2.10 bits per heavy atom. The van der Waals surface area contributed by atoms with Gasteiger partial charge in [0.15, 0.2) is 0 Å². The molecule has 4 nitrogen and oxygen atoms in total. The predicted molar refractivity (Wildman–Crippen MR) is 88.2 cm³/mol. The van der Waals surface area contributed by atoms with Crippen molar-refractivity contribution in [2.24, 2.45) is 12.9 Å². The molecular formula is C16H20N4S. The summed E-state index contributed by atoms with van der Waals surface area (Å²) in [4.78, 5) is 2.65. The van der Waals surface area contributed by atoms with Gasteiger partial charge in [-0.2, -0.15) is 5.10 Å². The number of nitrogens with zero attached hydrogens (tertiary/aromatic N) is 2. The zero-order valence-electron chi connectivity index (χ0n) is 12.3. The van der Waals surface area contributed by atoms with E-state index in [0.717, 1.165) is 24.1 Å². The summed E-state index contributed by atoms with van der Waals surface area (Å²) < 4.78 is 1.93.